The molecule has 0 radical (unpaired) electrons. The highest BCUT2D eigenvalue weighted by Crippen LogP contribution is 2.19. The predicted molar refractivity (Wildman–Crippen MR) is 64.7 cm³/mol. The van der Waals surface area contributed by atoms with E-state index in [-0.39, 0.29) is 5.91 Å². The molecule has 17 heavy (non-hydrogen) atoms. The van der Waals surface area contributed by atoms with Crippen LogP contribution < -0.4 is 5.32 Å². The molecule has 0 aliphatic heterocycles. The van der Waals surface area contributed by atoms with Crippen LogP contribution >= 0.6 is 0 Å². The van der Waals surface area contributed by atoms with Gasteiger partial charge in [-0.3, -0.25) is 4.79 Å². The fraction of sp³-hybridized carbons (Fsp3) is 0.231. The molecule has 0 aliphatic carbocycles. The van der Waals surface area contributed by atoms with Crippen LogP contribution in [0, 0.1) is 6.92 Å². The number of aromatic nitrogens is 1. The molecule has 1 amide bonds. The minimum absolute atomic E-state index is 0.213. The van der Waals surface area contributed by atoms with Crippen molar-refractivity contribution in [2.24, 2.45) is 0 Å². The Morgan fingerprint density at radius 3 is 3.00 bits per heavy atom. The van der Waals surface area contributed by atoms with Crippen molar-refractivity contribution in [2.45, 2.75) is 13.8 Å². The van der Waals surface area contributed by atoms with Crippen LogP contribution in [0.15, 0.2) is 34.9 Å². The van der Waals surface area contributed by atoms with E-state index in [2.05, 4.69) is 10.3 Å². The van der Waals surface area contributed by atoms with Gasteiger partial charge in [-0.1, -0.05) is 17.7 Å². The van der Waals surface area contributed by atoms with Gasteiger partial charge in [0.05, 0.1) is 0 Å². The number of nitrogens with zero attached hydrogens (tertiary/aromatic N) is 1. The first-order chi connectivity index (χ1) is 8.20. The molecule has 0 unspecified atom stereocenters. The van der Waals surface area contributed by atoms with Crippen LogP contribution in [-0.2, 0) is 0 Å². The summed E-state index contributed by atoms with van der Waals surface area (Å²) in [6.07, 6.45) is 1.38. The number of hydrogen-bond acceptors (Lipinski definition) is 3. The van der Waals surface area contributed by atoms with E-state index in [9.17, 15) is 4.79 Å². The third-order valence-corrected chi connectivity index (χ3v) is 2.34. The zero-order chi connectivity index (χ0) is 12.3. The van der Waals surface area contributed by atoms with Crippen molar-refractivity contribution in [3.05, 3.63) is 41.8 Å². The molecule has 0 saturated carbocycles. The van der Waals surface area contributed by atoms with Crippen molar-refractivity contribution in [2.75, 3.05) is 6.54 Å². The lowest BCUT2D eigenvalue weighted by Gasteiger charge is -1.97. The standard InChI is InChI=1S/C13H14N2O2/c1-3-14-12(16)11-8-17-13(15-11)10-6-4-5-9(2)7-10/h4-8H,3H2,1-2H3,(H,14,16). The highest BCUT2D eigenvalue weighted by Gasteiger charge is 2.12. The van der Waals surface area contributed by atoms with E-state index < -0.39 is 0 Å². The Balaban J connectivity index is 2.27. The Bertz CT molecular complexity index is 532. The quantitative estimate of drug-likeness (QED) is 0.880. The molecule has 0 bridgehead atoms. The molecule has 2 aromatic rings. The van der Waals surface area contributed by atoms with Crippen LogP contribution in [0.4, 0.5) is 0 Å². The van der Waals surface area contributed by atoms with Gasteiger partial charge in [-0.2, -0.15) is 0 Å². The van der Waals surface area contributed by atoms with Gasteiger partial charge in [-0.25, -0.2) is 4.98 Å². The van der Waals surface area contributed by atoms with Crippen molar-refractivity contribution in [3.63, 3.8) is 0 Å². The van der Waals surface area contributed by atoms with Crippen molar-refractivity contribution < 1.29 is 9.21 Å². The summed E-state index contributed by atoms with van der Waals surface area (Å²) >= 11 is 0. The average Bonchev–Trinajstić information content (AvgIpc) is 2.78. The molecule has 1 heterocycles. The minimum Gasteiger partial charge on any atom is -0.444 e. The second kappa shape index (κ2) is 4.82. The SMILES string of the molecule is CCNC(=O)c1coc(-c2cccc(C)c2)n1. The van der Waals surface area contributed by atoms with Crippen LogP contribution in [0.5, 0.6) is 0 Å². The largest absolute Gasteiger partial charge is 0.444 e. The number of aryl methyl sites for hydroxylation is 1. The van der Waals surface area contributed by atoms with E-state index >= 15 is 0 Å². The third-order valence-electron chi connectivity index (χ3n) is 2.34. The Kier molecular flexibility index (Phi) is 3.23. The van der Waals surface area contributed by atoms with Gasteiger partial charge < -0.3 is 9.73 Å². The Labute approximate surface area is 99.7 Å². The molecular weight excluding hydrogens is 216 g/mol. The highest BCUT2D eigenvalue weighted by molar-refractivity contribution is 5.92. The summed E-state index contributed by atoms with van der Waals surface area (Å²) in [7, 11) is 0. The van der Waals surface area contributed by atoms with E-state index in [0.29, 0.717) is 18.1 Å². The van der Waals surface area contributed by atoms with Gasteiger partial charge in [0.2, 0.25) is 5.89 Å². The van der Waals surface area contributed by atoms with Crippen molar-refractivity contribution in [1.82, 2.24) is 10.3 Å². The monoisotopic (exact) mass is 230 g/mol. The molecule has 0 saturated heterocycles. The van der Waals surface area contributed by atoms with Crippen LogP contribution in [0.1, 0.15) is 23.0 Å². The molecular formula is C13H14N2O2. The normalized spacial score (nSPS) is 10.2. The van der Waals surface area contributed by atoms with Gasteiger partial charge in [-0.15, -0.1) is 0 Å². The molecule has 1 N–H and O–H groups in total. The van der Waals surface area contributed by atoms with Gasteiger partial charge in [-0.05, 0) is 26.0 Å². The maximum atomic E-state index is 11.5. The molecule has 88 valence electrons. The summed E-state index contributed by atoms with van der Waals surface area (Å²) in [6.45, 7) is 4.43. The molecule has 0 aliphatic rings. The lowest BCUT2D eigenvalue weighted by Crippen LogP contribution is -2.22. The van der Waals surface area contributed by atoms with Crippen molar-refractivity contribution in [1.29, 1.82) is 0 Å². The van der Waals surface area contributed by atoms with E-state index in [1.165, 1.54) is 6.26 Å². The molecule has 0 atom stereocenters. The van der Waals surface area contributed by atoms with Crippen LogP contribution in [0.3, 0.4) is 0 Å². The van der Waals surface area contributed by atoms with Gasteiger partial charge in [0, 0.05) is 12.1 Å². The summed E-state index contributed by atoms with van der Waals surface area (Å²) in [5.41, 5.74) is 2.31. The van der Waals surface area contributed by atoms with E-state index in [1.54, 1.807) is 0 Å². The zero-order valence-corrected chi connectivity index (χ0v) is 9.86. The maximum absolute atomic E-state index is 11.5. The summed E-state index contributed by atoms with van der Waals surface area (Å²) in [4.78, 5) is 15.7. The Morgan fingerprint density at radius 2 is 2.29 bits per heavy atom. The first-order valence-corrected chi connectivity index (χ1v) is 5.51. The zero-order valence-electron chi connectivity index (χ0n) is 9.86. The minimum atomic E-state index is -0.213. The number of oxazole rings is 1. The van der Waals surface area contributed by atoms with Crippen LogP contribution in [-0.4, -0.2) is 17.4 Å². The number of carbonyl (C=O) groups excluding carboxylic acids is 1. The summed E-state index contributed by atoms with van der Waals surface area (Å²) < 4.78 is 5.30. The number of nitrogens with one attached hydrogen (secondary N) is 1. The van der Waals surface area contributed by atoms with Gasteiger partial charge in [0.15, 0.2) is 5.69 Å². The fourth-order valence-electron chi connectivity index (χ4n) is 1.54. The van der Waals surface area contributed by atoms with Gasteiger partial charge in [0.25, 0.3) is 5.91 Å². The third kappa shape index (κ3) is 2.53. The topological polar surface area (TPSA) is 55.1 Å². The number of benzene rings is 1. The first kappa shape index (κ1) is 11.4. The average molecular weight is 230 g/mol. The molecule has 0 spiro atoms. The maximum Gasteiger partial charge on any atom is 0.273 e. The van der Waals surface area contributed by atoms with E-state index in [1.807, 2.05) is 38.1 Å². The predicted octanol–water partition coefficient (Wildman–Crippen LogP) is 2.40. The summed E-state index contributed by atoms with van der Waals surface area (Å²) in [6, 6.07) is 7.80. The first-order valence-electron chi connectivity index (χ1n) is 5.51. The van der Waals surface area contributed by atoms with Crippen molar-refractivity contribution >= 4 is 5.91 Å². The number of hydrogen-bond donors (Lipinski definition) is 1. The molecule has 2 rings (SSSR count). The van der Waals surface area contributed by atoms with Crippen LogP contribution in [0.2, 0.25) is 0 Å². The number of carbonyl (C=O) groups is 1. The fourth-order valence-corrected chi connectivity index (χ4v) is 1.54. The molecule has 4 nitrogen and oxygen atoms in total. The lowest BCUT2D eigenvalue weighted by atomic mass is 10.1. The number of amides is 1. The number of rotatable bonds is 3. The second-order valence-electron chi connectivity index (χ2n) is 3.77. The van der Waals surface area contributed by atoms with E-state index in [4.69, 9.17) is 4.42 Å². The highest BCUT2D eigenvalue weighted by atomic mass is 16.3. The molecule has 4 heteroatoms. The molecule has 1 aromatic carbocycles. The summed E-state index contributed by atoms with van der Waals surface area (Å²) in [5, 5.41) is 2.68. The van der Waals surface area contributed by atoms with Gasteiger partial charge in [0.1, 0.15) is 6.26 Å². The van der Waals surface area contributed by atoms with Crippen LogP contribution in [0.25, 0.3) is 11.5 Å². The second-order valence-corrected chi connectivity index (χ2v) is 3.77. The Morgan fingerprint density at radius 1 is 1.47 bits per heavy atom. The van der Waals surface area contributed by atoms with Gasteiger partial charge >= 0.3 is 0 Å². The smallest absolute Gasteiger partial charge is 0.273 e. The van der Waals surface area contributed by atoms with E-state index in [0.717, 1.165) is 11.1 Å². The molecule has 0 fully saturated rings. The van der Waals surface area contributed by atoms with Crippen molar-refractivity contribution in [3.8, 4) is 11.5 Å². The Hall–Kier alpha value is -2.10. The molecule has 1 aromatic heterocycles. The summed E-state index contributed by atoms with van der Waals surface area (Å²) in [5.74, 6) is 0.255. The lowest BCUT2D eigenvalue weighted by molar-refractivity contribution is 0.0951.